The molecule has 3 heterocycles. The van der Waals surface area contributed by atoms with Gasteiger partial charge in [-0.25, -0.2) is 4.39 Å². The quantitative estimate of drug-likeness (QED) is 0.585. The molecule has 5 rings (SSSR count). The number of nitrogens with zero attached hydrogens (tertiary/aromatic N) is 5. The summed E-state index contributed by atoms with van der Waals surface area (Å²) in [5, 5.41) is 13.6. The van der Waals surface area contributed by atoms with Crippen LogP contribution in [-0.2, 0) is 0 Å². The van der Waals surface area contributed by atoms with Crippen LogP contribution in [0.4, 0.5) is 4.39 Å². The van der Waals surface area contributed by atoms with Crippen molar-refractivity contribution in [3.05, 3.63) is 54.4 Å². The number of hydrogen-bond donors (Lipinski definition) is 2. The van der Waals surface area contributed by atoms with E-state index in [0.29, 0.717) is 18.2 Å². The van der Waals surface area contributed by atoms with Crippen LogP contribution in [0.1, 0.15) is 23.2 Å². The zero-order chi connectivity index (χ0) is 20.0. The monoisotopic (exact) mass is 415 g/mol. The van der Waals surface area contributed by atoms with Crippen LogP contribution in [0, 0.1) is 11.7 Å². The van der Waals surface area contributed by atoms with E-state index in [1.54, 1.807) is 18.6 Å². The molecular formula is C19H19ClFN7O. The van der Waals surface area contributed by atoms with E-state index in [1.165, 1.54) is 35.4 Å². The second-order valence-corrected chi connectivity index (χ2v) is 8.14. The highest BCUT2D eigenvalue weighted by molar-refractivity contribution is 6.31. The minimum atomic E-state index is -0.985. The Hall–Kier alpha value is -2.78. The molecule has 1 saturated heterocycles. The van der Waals surface area contributed by atoms with Crippen molar-refractivity contribution in [1.29, 1.82) is 0 Å². The van der Waals surface area contributed by atoms with Gasteiger partial charge in [0.25, 0.3) is 5.91 Å². The predicted molar refractivity (Wildman–Crippen MR) is 105 cm³/mol. The van der Waals surface area contributed by atoms with Gasteiger partial charge in [0.1, 0.15) is 5.82 Å². The Kier molecular flexibility index (Phi) is 4.36. The number of carbonyl (C=O) groups excluding carboxylic acids is 1. The molecule has 2 aliphatic heterocycles. The van der Waals surface area contributed by atoms with Crippen molar-refractivity contribution in [1.82, 2.24) is 30.5 Å². The summed E-state index contributed by atoms with van der Waals surface area (Å²) in [6.07, 6.45) is 9.72. The Labute approximate surface area is 171 Å². The van der Waals surface area contributed by atoms with Crippen LogP contribution in [0.25, 0.3) is 5.69 Å². The van der Waals surface area contributed by atoms with Crippen molar-refractivity contribution in [2.75, 3.05) is 6.54 Å². The number of benzene rings is 1. The summed E-state index contributed by atoms with van der Waals surface area (Å²) >= 11 is 6.55. The summed E-state index contributed by atoms with van der Waals surface area (Å²) in [4.78, 5) is 20.6. The summed E-state index contributed by atoms with van der Waals surface area (Å²) in [6, 6.07) is 4.04. The van der Waals surface area contributed by atoms with Crippen molar-refractivity contribution in [2.45, 2.75) is 30.0 Å². The number of likely N-dealkylation sites (tertiary alicyclic amines) is 1. The van der Waals surface area contributed by atoms with Gasteiger partial charge in [0.15, 0.2) is 0 Å². The number of piperidine rings is 1. The fourth-order valence-electron chi connectivity index (χ4n) is 4.50. The van der Waals surface area contributed by atoms with Gasteiger partial charge < -0.3 is 10.2 Å². The van der Waals surface area contributed by atoms with Gasteiger partial charge in [0, 0.05) is 31.0 Å². The number of aromatic nitrogens is 3. The molecule has 1 aromatic heterocycles. The molecule has 4 atom stereocenters. The summed E-state index contributed by atoms with van der Waals surface area (Å²) in [5.41, 5.74) is 0.696. The molecule has 8 nitrogen and oxygen atoms in total. The van der Waals surface area contributed by atoms with Crippen LogP contribution in [0.15, 0.2) is 48.0 Å². The van der Waals surface area contributed by atoms with Gasteiger partial charge in [-0.05, 0) is 37.0 Å². The van der Waals surface area contributed by atoms with Crippen LogP contribution >= 0.6 is 11.6 Å². The lowest BCUT2D eigenvalue weighted by Crippen LogP contribution is -2.61. The fourth-order valence-corrected chi connectivity index (χ4v) is 4.76. The SMILES string of the molecule is O=C(c1cc(F)ccc1-n1nccn1)N1C[C@H]2C[C@@H](NC3(Cl)C=NC=CN3)[C@@H]1C2. The molecule has 1 saturated carbocycles. The number of rotatable bonds is 4. The first-order chi connectivity index (χ1) is 14.0. The molecule has 29 heavy (non-hydrogen) atoms. The number of fused-ring (bicyclic) bond motifs is 2. The predicted octanol–water partition coefficient (Wildman–Crippen LogP) is 1.64. The van der Waals surface area contributed by atoms with E-state index in [9.17, 15) is 9.18 Å². The van der Waals surface area contributed by atoms with Gasteiger partial charge in [-0.2, -0.15) is 15.0 Å². The Morgan fingerprint density at radius 3 is 2.86 bits per heavy atom. The molecule has 2 aromatic rings. The summed E-state index contributed by atoms with van der Waals surface area (Å²) in [5.74, 6) is -0.334. The average molecular weight is 416 g/mol. The zero-order valence-electron chi connectivity index (χ0n) is 15.4. The van der Waals surface area contributed by atoms with Crippen molar-refractivity contribution in [3.8, 4) is 5.69 Å². The summed E-state index contributed by atoms with van der Waals surface area (Å²) < 4.78 is 14.0. The van der Waals surface area contributed by atoms with Crippen LogP contribution in [0.5, 0.6) is 0 Å². The van der Waals surface area contributed by atoms with E-state index in [1.807, 2.05) is 4.90 Å². The third-order valence-corrected chi connectivity index (χ3v) is 5.98. The van der Waals surface area contributed by atoms with E-state index in [4.69, 9.17) is 11.6 Å². The molecule has 0 spiro atoms. The Morgan fingerprint density at radius 2 is 2.14 bits per heavy atom. The number of halogens is 2. The zero-order valence-corrected chi connectivity index (χ0v) is 16.1. The van der Waals surface area contributed by atoms with E-state index < -0.39 is 10.9 Å². The standard InChI is InChI=1S/C19H19ClFN7O/c20-19(11-22-3-4-23-19)26-15-7-12-8-17(15)27(10-12)18(29)14-9-13(21)1-2-16(14)28-24-5-6-25-28/h1-6,9,11-12,15,17,23,26H,7-8,10H2/t12-,15+,17-,19?/m0/s1. The van der Waals surface area contributed by atoms with Crippen molar-refractivity contribution in [3.63, 3.8) is 0 Å². The summed E-state index contributed by atoms with van der Waals surface area (Å²) in [7, 11) is 0. The minimum Gasteiger partial charge on any atom is -0.355 e. The van der Waals surface area contributed by atoms with Gasteiger partial charge in [-0.1, -0.05) is 11.6 Å². The largest absolute Gasteiger partial charge is 0.355 e. The molecular weight excluding hydrogens is 397 g/mol. The number of carbonyl (C=O) groups is 1. The van der Waals surface area contributed by atoms with E-state index in [2.05, 4.69) is 25.8 Å². The number of nitrogens with one attached hydrogen (secondary N) is 2. The number of aliphatic imine (C=N–C) groups is 1. The molecule has 1 aliphatic carbocycles. The van der Waals surface area contributed by atoms with Crippen LogP contribution in [-0.4, -0.2) is 55.8 Å². The van der Waals surface area contributed by atoms with Gasteiger partial charge in [-0.15, -0.1) is 0 Å². The lowest BCUT2D eigenvalue weighted by atomic mass is 10.0. The number of amides is 1. The van der Waals surface area contributed by atoms with Crippen LogP contribution in [0.3, 0.4) is 0 Å². The molecule has 150 valence electrons. The molecule has 2 bridgehead atoms. The van der Waals surface area contributed by atoms with Crippen molar-refractivity contribution in [2.24, 2.45) is 10.9 Å². The van der Waals surface area contributed by atoms with E-state index >= 15 is 0 Å². The molecule has 1 unspecified atom stereocenters. The molecule has 10 heteroatoms. The summed E-state index contributed by atoms with van der Waals surface area (Å²) in [6.45, 7) is 0.640. The molecule has 1 amide bonds. The fraction of sp³-hybridized carbons (Fsp3) is 0.368. The van der Waals surface area contributed by atoms with E-state index in [0.717, 1.165) is 12.8 Å². The number of alkyl halides is 1. The van der Waals surface area contributed by atoms with Crippen LogP contribution in [0.2, 0.25) is 0 Å². The van der Waals surface area contributed by atoms with Gasteiger partial charge in [-0.3, -0.25) is 15.1 Å². The topological polar surface area (TPSA) is 87.4 Å². The van der Waals surface area contributed by atoms with Gasteiger partial charge in [0.2, 0.25) is 5.12 Å². The average Bonchev–Trinajstić information content (AvgIpc) is 3.45. The molecule has 0 radical (unpaired) electrons. The molecule has 2 fully saturated rings. The maximum Gasteiger partial charge on any atom is 0.256 e. The second-order valence-electron chi connectivity index (χ2n) is 7.54. The van der Waals surface area contributed by atoms with Crippen LogP contribution < -0.4 is 10.6 Å². The highest BCUT2D eigenvalue weighted by Gasteiger charge is 2.49. The highest BCUT2D eigenvalue weighted by Crippen LogP contribution is 2.40. The number of hydrogen-bond acceptors (Lipinski definition) is 6. The minimum absolute atomic E-state index is 0.000451. The maximum atomic E-state index is 14.0. The Bertz CT molecular complexity index is 994. The molecule has 1 aromatic carbocycles. The first-order valence-corrected chi connectivity index (χ1v) is 9.81. The highest BCUT2D eigenvalue weighted by atomic mass is 35.5. The van der Waals surface area contributed by atoms with Gasteiger partial charge in [0.05, 0.1) is 29.9 Å². The smallest absolute Gasteiger partial charge is 0.256 e. The first kappa shape index (κ1) is 18.3. The lowest BCUT2D eigenvalue weighted by Gasteiger charge is -2.38. The Morgan fingerprint density at radius 1 is 1.31 bits per heavy atom. The normalized spacial score (nSPS) is 30.0. The second kappa shape index (κ2) is 6.93. The Balaban J connectivity index is 1.41. The first-order valence-electron chi connectivity index (χ1n) is 9.43. The molecule has 2 N–H and O–H groups in total. The maximum absolute atomic E-state index is 14.0. The lowest BCUT2D eigenvalue weighted by molar-refractivity contribution is 0.0660. The van der Waals surface area contributed by atoms with Crippen molar-refractivity contribution < 1.29 is 9.18 Å². The van der Waals surface area contributed by atoms with E-state index in [-0.39, 0.29) is 23.6 Å². The molecule has 3 aliphatic rings. The van der Waals surface area contributed by atoms with Crippen molar-refractivity contribution >= 4 is 23.7 Å². The third-order valence-electron chi connectivity index (χ3n) is 5.67. The van der Waals surface area contributed by atoms with Gasteiger partial charge >= 0.3 is 0 Å². The third kappa shape index (κ3) is 3.30.